The van der Waals surface area contributed by atoms with Crippen molar-refractivity contribution in [3.05, 3.63) is 59.6 Å². The molecule has 0 bridgehead atoms. The highest BCUT2D eigenvalue weighted by Crippen LogP contribution is 2.14. The Labute approximate surface area is 98.3 Å². The van der Waals surface area contributed by atoms with Gasteiger partial charge in [0.1, 0.15) is 17.4 Å². The Morgan fingerprint density at radius 1 is 1.29 bits per heavy atom. The first-order chi connectivity index (χ1) is 8.16. The molecule has 1 N–H and O–H groups in total. The van der Waals surface area contributed by atoms with Crippen molar-refractivity contribution in [2.75, 3.05) is 0 Å². The Balaban J connectivity index is 1.98. The van der Waals surface area contributed by atoms with Gasteiger partial charge >= 0.3 is 0 Å². The van der Waals surface area contributed by atoms with Gasteiger partial charge in [0, 0.05) is 18.2 Å². The SMILES string of the molecule is C[C@H](NCc1ccc(F)cc1F)c1ccco1. The Kier molecular flexibility index (Phi) is 3.54. The third kappa shape index (κ3) is 2.91. The molecule has 0 fully saturated rings. The van der Waals surface area contributed by atoms with Gasteiger partial charge in [-0.1, -0.05) is 6.07 Å². The van der Waals surface area contributed by atoms with Crippen LogP contribution in [-0.2, 0) is 6.54 Å². The van der Waals surface area contributed by atoms with E-state index >= 15 is 0 Å². The van der Waals surface area contributed by atoms with Crippen LogP contribution in [0.4, 0.5) is 8.78 Å². The molecule has 17 heavy (non-hydrogen) atoms. The summed E-state index contributed by atoms with van der Waals surface area (Å²) in [7, 11) is 0. The second-order valence-electron chi connectivity index (χ2n) is 3.85. The van der Waals surface area contributed by atoms with Crippen molar-refractivity contribution in [2.24, 2.45) is 0 Å². The smallest absolute Gasteiger partial charge is 0.130 e. The van der Waals surface area contributed by atoms with Gasteiger partial charge in [-0.05, 0) is 25.1 Å². The number of hydrogen-bond donors (Lipinski definition) is 1. The van der Waals surface area contributed by atoms with E-state index in [-0.39, 0.29) is 6.04 Å². The van der Waals surface area contributed by atoms with Crippen molar-refractivity contribution in [3.8, 4) is 0 Å². The van der Waals surface area contributed by atoms with E-state index in [1.165, 1.54) is 12.1 Å². The van der Waals surface area contributed by atoms with E-state index in [0.717, 1.165) is 11.8 Å². The number of nitrogens with one attached hydrogen (secondary N) is 1. The molecule has 0 aliphatic rings. The van der Waals surface area contributed by atoms with E-state index in [2.05, 4.69) is 5.32 Å². The molecule has 2 aromatic rings. The number of hydrogen-bond acceptors (Lipinski definition) is 2. The number of benzene rings is 1. The second kappa shape index (κ2) is 5.10. The van der Waals surface area contributed by atoms with Gasteiger partial charge in [0.15, 0.2) is 0 Å². The summed E-state index contributed by atoms with van der Waals surface area (Å²) >= 11 is 0. The normalized spacial score (nSPS) is 12.6. The highest BCUT2D eigenvalue weighted by molar-refractivity contribution is 5.18. The zero-order valence-electron chi connectivity index (χ0n) is 9.41. The molecule has 0 spiro atoms. The number of furan rings is 1. The molecule has 90 valence electrons. The lowest BCUT2D eigenvalue weighted by Gasteiger charge is -2.11. The van der Waals surface area contributed by atoms with Gasteiger partial charge in [0.05, 0.1) is 12.3 Å². The van der Waals surface area contributed by atoms with Gasteiger partial charge in [-0.15, -0.1) is 0 Å². The van der Waals surface area contributed by atoms with Crippen molar-refractivity contribution in [3.63, 3.8) is 0 Å². The predicted molar refractivity (Wildman–Crippen MR) is 60.3 cm³/mol. The molecule has 0 radical (unpaired) electrons. The van der Waals surface area contributed by atoms with Crippen LogP contribution in [0.5, 0.6) is 0 Å². The van der Waals surface area contributed by atoms with Crippen LogP contribution in [0.3, 0.4) is 0 Å². The Morgan fingerprint density at radius 3 is 2.76 bits per heavy atom. The van der Waals surface area contributed by atoms with Gasteiger partial charge in [-0.3, -0.25) is 0 Å². The van der Waals surface area contributed by atoms with E-state index < -0.39 is 11.6 Å². The monoisotopic (exact) mass is 237 g/mol. The molecule has 0 unspecified atom stereocenters. The fraction of sp³-hybridized carbons (Fsp3) is 0.231. The molecule has 1 aromatic heterocycles. The minimum Gasteiger partial charge on any atom is -0.468 e. The van der Waals surface area contributed by atoms with Crippen LogP contribution in [0.1, 0.15) is 24.3 Å². The van der Waals surface area contributed by atoms with Gasteiger partial charge in [0.2, 0.25) is 0 Å². The fourth-order valence-corrected chi connectivity index (χ4v) is 1.57. The van der Waals surface area contributed by atoms with Crippen LogP contribution in [0, 0.1) is 11.6 Å². The topological polar surface area (TPSA) is 25.2 Å². The van der Waals surface area contributed by atoms with Crippen LogP contribution in [0.2, 0.25) is 0 Å². The Morgan fingerprint density at radius 2 is 2.12 bits per heavy atom. The maximum Gasteiger partial charge on any atom is 0.130 e. The Bertz CT molecular complexity index is 482. The van der Waals surface area contributed by atoms with Crippen LogP contribution in [-0.4, -0.2) is 0 Å². The summed E-state index contributed by atoms with van der Waals surface area (Å²) in [4.78, 5) is 0. The summed E-state index contributed by atoms with van der Waals surface area (Å²) in [5, 5.41) is 3.11. The molecule has 0 aliphatic heterocycles. The highest BCUT2D eigenvalue weighted by atomic mass is 19.1. The lowest BCUT2D eigenvalue weighted by atomic mass is 10.2. The molecular formula is C13H13F2NO. The van der Waals surface area contributed by atoms with E-state index in [1.54, 1.807) is 12.3 Å². The summed E-state index contributed by atoms with van der Waals surface area (Å²) in [6, 6.07) is 7.19. The van der Waals surface area contributed by atoms with Gasteiger partial charge in [-0.2, -0.15) is 0 Å². The number of rotatable bonds is 4. The van der Waals surface area contributed by atoms with Gasteiger partial charge in [-0.25, -0.2) is 8.78 Å². The van der Waals surface area contributed by atoms with Crippen molar-refractivity contribution in [1.82, 2.24) is 5.32 Å². The first kappa shape index (κ1) is 11.8. The average Bonchev–Trinajstić information content (AvgIpc) is 2.81. The van der Waals surface area contributed by atoms with E-state index in [9.17, 15) is 8.78 Å². The molecule has 4 heteroatoms. The molecule has 0 saturated heterocycles. The third-order valence-corrected chi connectivity index (χ3v) is 2.58. The maximum atomic E-state index is 13.3. The van der Waals surface area contributed by atoms with Crippen molar-refractivity contribution < 1.29 is 13.2 Å². The van der Waals surface area contributed by atoms with Crippen LogP contribution in [0.25, 0.3) is 0 Å². The lowest BCUT2D eigenvalue weighted by Crippen LogP contribution is -2.18. The quantitative estimate of drug-likeness (QED) is 0.881. The second-order valence-corrected chi connectivity index (χ2v) is 3.85. The summed E-state index contributed by atoms with van der Waals surface area (Å²) in [5.41, 5.74) is 0.435. The molecule has 1 atom stereocenters. The number of halogens is 2. The standard InChI is InChI=1S/C13H13F2NO/c1-9(13-3-2-6-17-13)16-8-10-4-5-11(14)7-12(10)15/h2-7,9,16H,8H2,1H3/t9-/m0/s1. The molecular weight excluding hydrogens is 224 g/mol. The Hall–Kier alpha value is -1.68. The minimum atomic E-state index is -0.565. The highest BCUT2D eigenvalue weighted by Gasteiger charge is 2.09. The largest absolute Gasteiger partial charge is 0.468 e. The summed E-state index contributed by atoms with van der Waals surface area (Å²) in [6.45, 7) is 2.24. The molecule has 1 aromatic carbocycles. The van der Waals surface area contributed by atoms with E-state index in [0.29, 0.717) is 12.1 Å². The van der Waals surface area contributed by atoms with E-state index in [1.807, 2.05) is 13.0 Å². The summed E-state index contributed by atoms with van der Waals surface area (Å²) < 4.78 is 31.3. The van der Waals surface area contributed by atoms with Crippen LogP contribution in [0.15, 0.2) is 41.0 Å². The fourth-order valence-electron chi connectivity index (χ4n) is 1.57. The zero-order chi connectivity index (χ0) is 12.3. The molecule has 0 aliphatic carbocycles. The predicted octanol–water partition coefficient (Wildman–Crippen LogP) is 3.41. The average molecular weight is 237 g/mol. The lowest BCUT2D eigenvalue weighted by molar-refractivity contribution is 0.426. The molecule has 2 rings (SSSR count). The molecule has 0 amide bonds. The van der Waals surface area contributed by atoms with Crippen molar-refractivity contribution in [1.29, 1.82) is 0 Å². The van der Waals surface area contributed by atoms with Crippen molar-refractivity contribution in [2.45, 2.75) is 19.5 Å². The van der Waals surface area contributed by atoms with Crippen LogP contribution >= 0.6 is 0 Å². The van der Waals surface area contributed by atoms with Crippen molar-refractivity contribution >= 4 is 0 Å². The van der Waals surface area contributed by atoms with Gasteiger partial charge in [0.25, 0.3) is 0 Å². The molecule has 2 nitrogen and oxygen atoms in total. The third-order valence-electron chi connectivity index (χ3n) is 2.58. The molecule has 1 heterocycles. The minimum absolute atomic E-state index is 0.0190. The van der Waals surface area contributed by atoms with E-state index in [4.69, 9.17) is 4.42 Å². The zero-order valence-corrected chi connectivity index (χ0v) is 9.41. The van der Waals surface area contributed by atoms with Crippen LogP contribution < -0.4 is 5.32 Å². The summed E-state index contributed by atoms with van der Waals surface area (Å²) in [5.74, 6) is -0.318. The summed E-state index contributed by atoms with van der Waals surface area (Å²) in [6.07, 6.45) is 1.59. The van der Waals surface area contributed by atoms with Gasteiger partial charge < -0.3 is 9.73 Å². The first-order valence-corrected chi connectivity index (χ1v) is 5.37. The molecule has 0 saturated carbocycles. The maximum absolute atomic E-state index is 13.3. The first-order valence-electron chi connectivity index (χ1n) is 5.37.